The van der Waals surface area contributed by atoms with E-state index in [1.165, 1.54) is 11.3 Å². The lowest BCUT2D eigenvalue weighted by atomic mass is 10.4. The molecule has 78 valence electrons. The van der Waals surface area contributed by atoms with E-state index in [0.29, 0.717) is 5.13 Å². The Bertz CT molecular complexity index is 301. The number of urea groups is 1. The molecule has 0 radical (unpaired) electrons. The van der Waals surface area contributed by atoms with Crippen molar-refractivity contribution in [1.29, 1.82) is 0 Å². The van der Waals surface area contributed by atoms with Crippen LogP contribution in [0.25, 0.3) is 0 Å². The van der Waals surface area contributed by atoms with Crippen LogP contribution in [0.1, 0.15) is 11.8 Å². The molecule has 0 fully saturated rings. The molecule has 6 heteroatoms. The van der Waals surface area contributed by atoms with E-state index >= 15 is 0 Å². The Balaban J connectivity index is 2.39. The smallest absolute Gasteiger partial charge is 0.321 e. The van der Waals surface area contributed by atoms with Crippen molar-refractivity contribution < 1.29 is 9.90 Å². The zero-order chi connectivity index (χ0) is 10.4. The fourth-order valence-corrected chi connectivity index (χ4v) is 1.59. The number of amides is 2. The van der Waals surface area contributed by atoms with Crippen LogP contribution in [-0.2, 0) is 6.42 Å². The summed E-state index contributed by atoms with van der Waals surface area (Å²) in [6, 6.07) is -0.337. The highest BCUT2D eigenvalue weighted by atomic mass is 32.1. The minimum Gasteiger partial charge on any atom is -0.395 e. The molecule has 0 aliphatic heterocycles. The standard InChI is InChI=1S/C8H13N3O2S/c1-2-6-5-10-8(14-6)11-7(13)9-3-4-12/h5,12H,2-4H2,1H3,(H2,9,10,11,13). The molecule has 1 rings (SSSR count). The van der Waals surface area contributed by atoms with Crippen molar-refractivity contribution in [1.82, 2.24) is 10.3 Å². The molecule has 14 heavy (non-hydrogen) atoms. The van der Waals surface area contributed by atoms with E-state index in [1.807, 2.05) is 6.92 Å². The molecule has 3 N–H and O–H groups in total. The molecule has 1 aromatic heterocycles. The zero-order valence-electron chi connectivity index (χ0n) is 7.91. The van der Waals surface area contributed by atoms with Crippen LogP contribution in [0.4, 0.5) is 9.93 Å². The van der Waals surface area contributed by atoms with E-state index in [0.717, 1.165) is 11.3 Å². The van der Waals surface area contributed by atoms with E-state index in [2.05, 4.69) is 15.6 Å². The Morgan fingerprint density at radius 3 is 3.07 bits per heavy atom. The van der Waals surface area contributed by atoms with Gasteiger partial charge in [0.25, 0.3) is 0 Å². The monoisotopic (exact) mass is 215 g/mol. The zero-order valence-corrected chi connectivity index (χ0v) is 8.73. The maximum atomic E-state index is 11.1. The van der Waals surface area contributed by atoms with Gasteiger partial charge in [-0.1, -0.05) is 6.92 Å². The van der Waals surface area contributed by atoms with Gasteiger partial charge in [-0.05, 0) is 6.42 Å². The Morgan fingerprint density at radius 2 is 2.50 bits per heavy atom. The number of carbonyl (C=O) groups excluding carboxylic acids is 1. The molecule has 0 saturated carbocycles. The average molecular weight is 215 g/mol. The molecule has 0 aliphatic rings. The van der Waals surface area contributed by atoms with Gasteiger partial charge in [-0.15, -0.1) is 11.3 Å². The maximum absolute atomic E-state index is 11.1. The van der Waals surface area contributed by atoms with E-state index in [9.17, 15) is 4.79 Å². The number of aliphatic hydroxyl groups excluding tert-OH is 1. The predicted molar refractivity (Wildman–Crippen MR) is 55.6 cm³/mol. The number of anilines is 1. The van der Waals surface area contributed by atoms with Crippen molar-refractivity contribution >= 4 is 22.5 Å². The second-order valence-corrected chi connectivity index (χ2v) is 3.70. The highest BCUT2D eigenvalue weighted by molar-refractivity contribution is 7.15. The minimum absolute atomic E-state index is 0.0640. The van der Waals surface area contributed by atoms with Crippen LogP contribution in [-0.4, -0.2) is 29.3 Å². The lowest BCUT2D eigenvalue weighted by molar-refractivity contribution is 0.245. The summed E-state index contributed by atoms with van der Waals surface area (Å²) in [5, 5.41) is 14.1. The van der Waals surface area contributed by atoms with Crippen LogP contribution in [0.15, 0.2) is 6.20 Å². The second kappa shape index (κ2) is 5.56. The Hall–Kier alpha value is -1.14. The van der Waals surface area contributed by atoms with Crippen molar-refractivity contribution in [3.05, 3.63) is 11.1 Å². The number of carbonyl (C=O) groups is 1. The summed E-state index contributed by atoms with van der Waals surface area (Å²) >= 11 is 1.45. The molecular formula is C8H13N3O2S. The first-order valence-electron chi connectivity index (χ1n) is 4.36. The van der Waals surface area contributed by atoms with Gasteiger partial charge in [-0.2, -0.15) is 0 Å². The molecule has 1 aromatic rings. The van der Waals surface area contributed by atoms with E-state index in [-0.39, 0.29) is 19.2 Å². The van der Waals surface area contributed by atoms with Gasteiger partial charge >= 0.3 is 6.03 Å². The summed E-state index contributed by atoms with van der Waals surface area (Å²) in [6.07, 6.45) is 2.66. The van der Waals surface area contributed by atoms with Crippen molar-refractivity contribution in [3.63, 3.8) is 0 Å². The van der Waals surface area contributed by atoms with E-state index in [4.69, 9.17) is 5.11 Å². The number of nitrogens with one attached hydrogen (secondary N) is 2. The van der Waals surface area contributed by atoms with Crippen LogP contribution in [0.2, 0.25) is 0 Å². The number of thiazole rings is 1. The number of hydrogen-bond acceptors (Lipinski definition) is 4. The van der Waals surface area contributed by atoms with Gasteiger partial charge in [0, 0.05) is 17.6 Å². The molecule has 0 aliphatic carbocycles. The lowest BCUT2D eigenvalue weighted by Gasteiger charge is -2.01. The van der Waals surface area contributed by atoms with E-state index < -0.39 is 0 Å². The van der Waals surface area contributed by atoms with Gasteiger partial charge in [0.2, 0.25) is 0 Å². The Morgan fingerprint density at radius 1 is 1.71 bits per heavy atom. The highest BCUT2D eigenvalue weighted by Gasteiger charge is 2.04. The number of aliphatic hydroxyl groups is 1. The largest absolute Gasteiger partial charge is 0.395 e. The Labute approximate surface area is 86.2 Å². The summed E-state index contributed by atoms with van der Waals surface area (Å²) in [7, 11) is 0. The molecule has 0 saturated heterocycles. The van der Waals surface area contributed by atoms with Crippen LogP contribution in [0.3, 0.4) is 0 Å². The maximum Gasteiger partial charge on any atom is 0.321 e. The van der Waals surface area contributed by atoms with Crippen LogP contribution in [0, 0.1) is 0 Å². The van der Waals surface area contributed by atoms with Gasteiger partial charge in [0.05, 0.1) is 6.61 Å². The first-order chi connectivity index (χ1) is 6.76. The lowest BCUT2D eigenvalue weighted by Crippen LogP contribution is -2.30. The number of rotatable bonds is 4. The van der Waals surface area contributed by atoms with Crippen molar-refractivity contribution in [2.75, 3.05) is 18.5 Å². The molecule has 5 nitrogen and oxygen atoms in total. The third-order valence-corrected chi connectivity index (χ3v) is 2.58. The Kier molecular flexibility index (Phi) is 4.34. The summed E-state index contributed by atoms with van der Waals surface area (Å²) in [5.41, 5.74) is 0. The van der Waals surface area contributed by atoms with Gasteiger partial charge in [0.15, 0.2) is 5.13 Å². The molecule has 0 atom stereocenters. The third kappa shape index (κ3) is 3.31. The third-order valence-electron chi connectivity index (χ3n) is 1.52. The second-order valence-electron chi connectivity index (χ2n) is 2.59. The molecule has 0 bridgehead atoms. The molecule has 0 aromatic carbocycles. The first-order valence-corrected chi connectivity index (χ1v) is 5.18. The molecule has 0 spiro atoms. The van der Waals surface area contributed by atoms with E-state index in [1.54, 1.807) is 6.20 Å². The number of aryl methyl sites for hydroxylation is 1. The topological polar surface area (TPSA) is 74.2 Å². The fourth-order valence-electron chi connectivity index (χ4n) is 0.839. The number of hydrogen-bond donors (Lipinski definition) is 3. The van der Waals surface area contributed by atoms with Crippen LogP contribution < -0.4 is 10.6 Å². The van der Waals surface area contributed by atoms with Crippen molar-refractivity contribution in [3.8, 4) is 0 Å². The van der Waals surface area contributed by atoms with Gasteiger partial charge in [-0.3, -0.25) is 5.32 Å². The van der Waals surface area contributed by atoms with Crippen molar-refractivity contribution in [2.45, 2.75) is 13.3 Å². The van der Waals surface area contributed by atoms with Gasteiger partial charge in [-0.25, -0.2) is 9.78 Å². The average Bonchev–Trinajstić information content (AvgIpc) is 2.62. The summed E-state index contributed by atoms with van der Waals surface area (Å²) in [4.78, 5) is 16.2. The quantitative estimate of drug-likeness (QED) is 0.696. The predicted octanol–water partition coefficient (Wildman–Crippen LogP) is 0.819. The first kappa shape index (κ1) is 10.9. The summed E-state index contributed by atoms with van der Waals surface area (Å²) in [6.45, 7) is 2.21. The summed E-state index contributed by atoms with van der Waals surface area (Å²) < 4.78 is 0. The molecule has 1 heterocycles. The number of nitrogens with zero attached hydrogens (tertiary/aromatic N) is 1. The van der Waals surface area contributed by atoms with Gasteiger partial charge < -0.3 is 10.4 Å². The normalized spacial score (nSPS) is 9.86. The van der Waals surface area contributed by atoms with Crippen LogP contribution >= 0.6 is 11.3 Å². The van der Waals surface area contributed by atoms with Crippen LogP contribution in [0.5, 0.6) is 0 Å². The fraction of sp³-hybridized carbons (Fsp3) is 0.500. The molecular weight excluding hydrogens is 202 g/mol. The van der Waals surface area contributed by atoms with Gasteiger partial charge in [0.1, 0.15) is 0 Å². The van der Waals surface area contributed by atoms with Crippen molar-refractivity contribution in [2.24, 2.45) is 0 Å². The summed E-state index contributed by atoms with van der Waals surface area (Å²) in [5.74, 6) is 0. The SMILES string of the molecule is CCc1cnc(NC(=O)NCCO)s1. The highest BCUT2D eigenvalue weighted by Crippen LogP contribution is 2.17. The molecule has 2 amide bonds. The molecule has 0 unspecified atom stereocenters. The minimum atomic E-state index is -0.337. The number of aromatic nitrogens is 1.